The van der Waals surface area contributed by atoms with Crippen LogP contribution in [0, 0.1) is 11.3 Å². The maximum atomic E-state index is 12.8. The quantitative estimate of drug-likeness (QED) is 0.469. The van der Waals surface area contributed by atoms with Crippen LogP contribution in [-0.2, 0) is 10.2 Å². The lowest BCUT2D eigenvalue weighted by Crippen LogP contribution is -2.22. The number of para-hydroxylation sites is 1. The summed E-state index contributed by atoms with van der Waals surface area (Å²) in [5.41, 5.74) is 3.95. The number of fused-ring (bicyclic) bond motifs is 2. The van der Waals surface area contributed by atoms with Crippen molar-refractivity contribution in [3.05, 3.63) is 95.7 Å². The van der Waals surface area contributed by atoms with E-state index in [0.717, 1.165) is 22.2 Å². The van der Waals surface area contributed by atoms with E-state index in [2.05, 4.69) is 36.2 Å². The normalized spacial score (nSPS) is 16.4. The first-order valence-corrected chi connectivity index (χ1v) is 9.88. The van der Waals surface area contributed by atoms with Crippen LogP contribution in [-0.4, -0.2) is 13.0 Å². The summed E-state index contributed by atoms with van der Waals surface area (Å²) < 4.78 is 0. The highest BCUT2D eigenvalue weighted by Crippen LogP contribution is 2.46. The maximum absolute atomic E-state index is 12.8. The van der Waals surface area contributed by atoms with Gasteiger partial charge in [-0.2, -0.15) is 5.26 Å². The van der Waals surface area contributed by atoms with Crippen molar-refractivity contribution < 1.29 is 4.79 Å². The monoisotopic (exact) mass is 393 g/mol. The van der Waals surface area contributed by atoms with E-state index >= 15 is 0 Å². The third-order valence-electron chi connectivity index (χ3n) is 5.75. The number of amides is 1. The summed E-state index contributed by atoms with van der Waals surface area (Å²) in [5, 5.41) is 14.5. The van der Waals surface area contributed by atoms with Gasteiger partial charge in [0.25, 0.3) is 5.91 Å². The van der Waals surface area contributed by atoms with Crippen LogP contribution < -0.4 is 10.2 Å². The number of nitriles is 1. The Balaban J connectivity index is 1.64. The van der Waals surface area contributed by atoms with Crippen molar-refractivity contribution in [3.8, 4) is 6.07 Å². The van der Waals surface area contributed by atoms with Crippen molar-refractivity contribution in [2.45, 2.75) is 19.3 Å². The zero-order chi connectivity index (χ0) is 21.3. The van der Waals surface area contributed by atoms with Crippen molar-refractivity contribution in [2.24, 2.45) is 0 Å². The molecule has 1 amide bonds. The average molecular weight is 393 g/mol. The second-order valence-electron chi connectivity index (χ2n) is 7.93. The number of hydrogen-bond acceptors (Lipinski definition) is 3. The minimum atomic E-state index is -0.415. The van der Waals surface area contributed by atoms with Crippen molar-refractivity contribution in [2.75, 3.05) is 17.3 Å². The van der Waals surface area contributed by atoms with Gasteiger partial charge in [0.15, 0.2) is 0 Å². The largest absolute Gasteiger partial charge is 0.347 e. The first-order valence-electron chi connectivity index (χ1n) is 9.88. The first-order chi connectivity index (χ1) is 14.4. The SMILES string of the molecule is CN1/C(=C\C=C(/C#N)C(=O)Nc2cccc3ccccc23)C(C)(C)c2ccccc21. The molecule has 0 aliphatic carbocycles. The summed E-state index contributed by atoms with van der Waals surface area (Å²) in [6, 6.07) is 23.9. The van der Waals surface area contributed by atoms with Crippen LogP contribution >= 0.6 is 0 Å². The summed E-state index contributed by atoms with van der Waals surface area (Å²) in [7, 11) is 2.01. The fourth-order valence-electron chi connectivity index (χ4n) is 4.15. The molecule has 0 atom stereocenters. The molecule has 0 fully saturated rings. The number of rotatable bonds is 3. The van der Waals surface area contributed by atoms with Gasteiger partial charge in [0.1, 0.15) is 11.6 Å². The lowest BCUT2D eigenvalue weighted by Gasteiger charge is -2.23. The van der Waals surface area contributed by atoms with Crippen LogP contribution in [0.5, 0.6) is 0 Å². The molecule has 1 aliphatic heterocycles. The summed E-state index contributed by atoms with van der Waals surface area (Å²) >= 11 is 0. The topological polar surface area (TPSA) is 56.1 Å². The predicted octanol–water partition coefficient (Wildman–Crippen LogP) is 5.54. The lowest BCUT2D eigenvalue weighted by molar-refractivity contribution is -0.112. The first kappa shape index (κ1) is 19.5. The molecule has 0 unspecified atom stereocenters. The van der Waals surface area contributed by atoms with Gasteiger partial charge in [-0.3, -0.25) is 4.79 Å². The van der Waals surface area contributed by atoms with Crippen LogP contribution in [0.25, 0.3) is 10.8 Å². The summed E-state index contributed by atoms with van der Waals surface area (Å²) in [6.07, 6.45) is 3.49. The number of allylic oxidation sites excluding steroid dienone is 3. The van der Waals surface area contributed by atoms with Gasteiger partial charge in [-0.1, -0.05) is 68.4 Å². The number of nitrogens with one attached hydrogen (secondary N) is 1. The second-order valence-corrected chi connectivity index (χ2v) is 7.93. The molecule has 4 nitrogen and oxygen atoms in total. The fourth-order valence-corrected chi connectivity index (χ4v) is 4.15. The highest BCUT2D eigenvalue weighted by Gasteiger charge is 2.37. The number of carbonyl (C=O) groups is 1. The fraction of sp³-hybridized carbons (Fsp3) is 0.154. The molecular formula is C26H23N3O. The standard InChI is InChI=1S/C26H23N3O/c1-26(2)21-12-6-7-14-23(21)29(3)24(26)16-15-19(17-27)25(30)28-22-13-8-10-18-9-4-5-11-20(18)22/h4-16H,1-3H3,(H,28,30)/b19-15+,24-16-. The highest BCUT2D eigenvalue weighted by molar-refractivity contribution is 6.10. The molecule has 0 bridgehead atoms. The predicted molar refractivity (Wildman–Crippen MR) is 122 cm³/mol. The summed E-state index contributed by atoms with van der Waals surface area (Å²) in [4.78, 5) is 14.9. The molecule has 3 aromatic carbocycles. The number of carbonyl (C=O) groups excluding carboxylic acids is 1. The Kier molecular flexibility index (Phi) is 4.89. The van der Waals surface area contributed by atoms with E-state index < -0.39 is 5.91 Å². The molecule has 3 aromatic rings. The Bertz CT molecular complexity index is 1240. The molecule has 148 valence electrons. The van der Waals surface area contributed by atoms with E-state index in [4.69, 9.17) is 0 Å². The maximum Gasteiger partial charge on any atom is 0.266 e. The molecule has 1 heterocycles. The third kappa shape index (κ3) is 3.25. The highest BCUT2D eigenvalue weighted by atomic mass is 16.1. The van der Waals surface area contributed by atoms with Crippen LogP contribution in [0.3, 0.4) is 0 Å². The van der Waals surface area contributed by atoms with Crippen LogP contribution in [0.1, 0.15) is 19.4 Å². The van der Waals surface area contributed by atoms with E-state index in [9.17, 15) is 10.1 Å². The molecule has 1 aliphatic rings. The van der Waals surface area contributed by atoms with Crippen LogP contribution in [0.2, 0.25) is 0 Å². The van der Waals surface area contributed by atoms with Crippen molar-refractivity contribution >= 4 is 28.1 Å². The van der Waals surface area contributed by atoms with Gasteiger partial charge in [-0.25, -0.2) is 0 Å². The van der Waals surface area contributed by atoms with Gasteiger partial charge >= 0.3 is 0 Å². The van der Waals surface area contributed by atoms with E-state index in [1.54, 1.807) is 6.08 Å². The molecule has 0 spiro atoms. The second kappa shape index (κ2) is 7.53. The number of likely N-dealkylation sites (N-methyl/N-ethyl adjacent to an activating group) is 1. The van der Waals surface area contributed by atoms with E-state index in [-0.39, 0.29) is 11.0 Å². The molecule has 0 saturated heterocycles. The van der Waals surface area contributed by atoms with Crippen molar-refractivity contribution in [1.82, 2.24) is 0 Å². The summed E-state index contributed by atoms with van der Waals surface area (Å²) in [5.74, 6) is -0.415. The molecular weight excluding hydrogens is 370 g/mol. The molecule has 30 heavy (non-hydrogen) atoms. The lowest BCUT2D eigenvalue weighted by atomic mass is 9.83. The molecule has 1 N–H and O–H groups in total. The summed E-state index contributed by atoms with van der Waals surface area (Å²) in [6.45, 7) is 4.30. The van der Waals surface area contributed by atoms with Crippen LogP contribution in [0.4, 0.5) is 11.4 Å². The van der Waals surface area contributed by atoms with Gasteiger partial charge in [-0.15, -0.1) is 0 Å². The molecule has 4 heteroatoms. The molecule has 4 rings (SSSR count). The van der Waals surface area contributed by atoms with Crippen LogP contribution in [0.15, 0.2) is 90.2 Å². The zero-order valence-corrected chi connectivity index (χ0v) is 17.3. The minimum absolute atomic E-state index is 0.0654. The van der Waals surface area contributed by atoms with Gasteiger partial charge in [0.05, 0.1) is 0 Å². The Morgan fingerprint density at radius 2 is 1.73 bits per heavy atom. The van der Waals surface area contributed by atoms with Gasteiger partial charge in [0, 0.05) is 34.9 Å². The Morgan fingerprint density at radius 1 is 1.03 bits per heavy atom. The third-order valence-corrected chi connectivity index (χ3v) is 5.75. The Morgan fingerprint density at radius 3 is 2.50 bits per heavy atom. The van der Waals surface area contributed by atoms with E-state index in [0.29, 0.717) is 5.69 Å². The Labute approximate surface area is 176 Å². The number of anilines is 2. The molecule has 0 radical (unpaired) electrons. The molecule has 0 saturated carbocycles. The van der Waals surface area contributed by atoms with E-state index in [1.807, 2.05) is 73.8 Å². The van der Waals surface area contributed by atoms with Crippen molar-refractivity contribution in [3.63, 3.8) is 0 Å². The van der Waals surface area contributed by atoms with Gasteiger partial charge < -0.3 is 10.2 Å². The van der Waals surface area contributed by atoms with E-state index in [1.165, 1.54) is 5.56 Å². The smallest absolute Gasteiger partial charge is 0.266 e. The number of hydrogen-bond donors (Lipinski definition) is 1. The van der Waals surface area contributed by atoms with Gasteiger partial charge in [-0.05, 0) is 35.2 Å². The van der Waals surface area contributed by atoms with Gasteiger partial charge in [0.2, 0.25) is 0 Å². The Hall–Kier alpha value is -3.84. The zero-order valence-electron chi connectivity index (χ0n) is 17.3. The molecule has 0 aromatic heterocycles. The number of nitrogens with zero attached hydrogens (tertiary/aromatic N) is 2. The minimum Gasteiger partial charge on any atom is -0.347 e. The number of benzene rings is 3. The van der Waals surface area contributed by atoms with Crippen molar-refractivity contribution in [1.29, 1.82) is 5.26 Å². The average Bonchev–Trinajstić information content (AvgIpc) is 2.95.